The Morgan fingerprint density at radius 1 is 1.27 bits per heavy atom. The highest BCUT2D eigenvalue weighted by molar-refractivity contribution is 6.32. The van der Waals surface area contributed by atoms with Crippen molar-refractivity contribution in [2.24, 2.45) is 5.92 Å². The molecule has 8 heteroatoms. The Labute approximate surface area is 132 Å². The van der Waals surface area contributed by atoms with E-state index in [0.717, 1.165) is 9.36 Å². The number of para-hydroxylation sites is 1. The number of nitrogens with one attached hydrogen (secondary N) is 1. The van der Waals surface area contributed by atoms with Gasteiger partial charge >= 0.3 is 5.69 Å². The second-order valence-corrected chi connectivity index (χ2v) is 5.79. The number of amides is 1. The molecule has 1 N–H and O–H groups in total. The van der Waals surface area contributed by atoms with Crippen molar-refractivity contribution in [2.75, 3.05) is 0 Å². The van der Waals surface area contributed by atoms with Gasteiger partial charge in [0, 0.05) is 6.04 Å². The van der Waals surface area contributed by atoms with Gasteiger partial charge in [0.2, 0.25) is 5.91 Å². The first kappa shape index (κ1) is 16.2. The van der Waals surface area contributed by atoms with Crippen LogP contribution in [0.4, 0.5) is 0 Å². The van der Waals surface area contributed by atoms with Gasteiger partial charge in [-0.25, -0.2) is 4.79 Å². The van der Waals surface area contributed by atoms with Crippen molar-refractivity contribution in [2.45, 2.75) is 33.4 Å². The molecule has 0 saturated carbocycles. The molecule has 1 heterocycles. The smallest absolute Gasteiger partial charge is 0.352 e. The minimum Gasteiger partial charge on any atom is -0.352 e. The Hall–Kier alpha value is -2.15. The van der Waals surface area contributed by atoms with Gasteiger partial charge in [-0.05, 0) is 35.4 Å². The second kappa shape index (κ2) is 6.74. The highest BCUT2D eigenvalue weighted by Gasteiger charge is 2.16. The van der Waals surface area contributed by atoms with Gasteiger partial charge in [0.05, 0.1) is 10.7 Å². The second-order valence-electron chi connectivity index (χ2n) is 5.38. The lowest BCUT2D eigenvalue weighted by Crippen LogP contribution is -2.40. The van der Waals surface area contributed by atoms with Crippen molar-refractivity contribution < 1.29 is 4.79 Å². The molecule has 7 nitrogen and oxygen atoms in total. The summed E-state index contributed by atoms with van der Waals surface area (Å²) in [5.41, 5.74) is -0.0863. The Kier molecular flexibility index (Phi) is 4.97. The predicted molar refractivity (Wildman–Crippen MR) is 83.1 cm³/mol. The molecular weight excluding hydrogens is 306 g/mol. The molecule has 2 aromatic rings. The summed E-state index contributed by atoms with van der Waals surface area (Å²) in [7, 11) is 0. The molecular formula is C14H18ClN5O2. The minimum absolute atomic E-state index is 0.0156. The van der Waals surface area contributed by atoms with E-state index in [1.54, 1.807) is 24.3 Å². The molecule has 0 spiro atoms. The van der Waals surface area contributed by atoms with E-state index in [-0.39, 0.29) is 18.5 Å². The van der Waals surface area contributed by atoms with E-state index in [9.17, 15) is 9.59 Å². The van der Waals surface area contributed by atoms with Crippen LogP contribution in [0.25, 0.3) is 5.69 Å². The van der Waals surface area contributed by atoms with Crippen LogP contribution in [0, 0.1) is 5.92 Å². The van der Waals surface area contributed by atoms with Crippen molar-refractivity contribution >= 4 is 17.5 Å². The van der Waals surface area contributed by atoms with Crippen LogP contribution in [0.5, 0.6) is 0 Å². The van der Waals surface area contributed by atoms with E-state index < -0.39 is 5.69 Å². The van der Waals surface area contributed by atoms with Crippen LogP contribution < -0.4 is 11.0 Å². The molecule has 2 rings (SSSR count). The SMILES string of the molecule is CC(C)C(C)NC(=O)Cn1nnn(-c2ccccc2Cl)c1=O. The van der Waals surface area contributed by atoms with Gasteiger partial charge in [-0.15, -0.1) is 0 Å². The lowest BCUT2D eigenvalue weighted by molar-refractivity contribution is -0.122. The average Bonchev–Trinajstić information content (AvgIpc) is 2.80. The molecule has 1 unspecified atom stereocenters. The van der Waals surface area contributed by atoms with Gasteiger partial charge in [0.1, 0.15) is 6.54 Å². The molecule has 0 bridgehead atoms. The van der Waals surface area contributed by atoms with Crippen LogP contribution in [-0.4, -0.2) is 31.7 Å². The van der Waals surface area contributed by atoms with Crippen LogP contribution >= 0.6 is 11.6 Å². The highest BCUT2D eigenvalue weighted by atomic mass is 35.5. The van der Waals surface area contributed by atoms with Crippen molar-refractivity contribution in [3.63, 3.8) is 0 Å². The van der Waals surface area contributed by atoms with E-state index in [1.165, 1.54) is 0 Å². The van der Waals surface area contributed by atoms with Crippen LogP contribution in [0.2, 0.25) is 5.02 Å². The molecule has 118 valence electrons. The molecule has 0 aliphatic rings. The molecule has 1 aromatic heterocycles. The first-order valence-corrected chi connectivity index (χ1v) is 7.35. The normalized spacial score (nSPS) is 12.4. The van der Waals surface area contributed by atoms with Crippen molar-refractivity contribution in [3.8, 4) is 5.69 Å². The fourth-order valence-electron chi connectivity index (χ4n) is 1.75. The molecule has 0 aliphatic carbocycles. The zero-order valence-electron chi connectivity index (χ0n) is 12.7. The third kappa shape index (κ3) is 3.54. The third-order valence-electron chi connectivity index (χ3n) is 3.40. The number of carbonyl (C=O) groups is 1. The molecule has 1 aromatic carbocycles. The van der Waals surface area contributed by atoms with Crippen molar-refractivity contribution in [1.82, 2.24) is 25.1 Å². The lowest BCUT2D eigenvalue weighted by atomic mass is 10.1. The minimum atomic E-state index is -0.513. The Bertz CT molecular complexity index is 722. The summed E-state index contributed by atoms with van der Waals surface area (Å²) in [6.07, 6.45) is 0. The standard InChI is InChI=1S/C14H18ClN5O2/c1-9(2)10(3)16-13(21)8-19-14(22)20(18-17-19)12-7-5-4-6-11(12)15/h4-7,9-10H,8H2,1-3H3,(H,16,21). The summed E-state index contributed by atoms with van der Waals surface area (Å²) in [5.74, 6) is 0.0222. The number of carbonyl (C=O) groups excluding carboxylic acids is 1. The summed E-state index contributed by atoms with van der Waals surface area (Å²) < 4.78 is 2.08. The van der Waals surface area contributed by atoms with E-state index in [0.29, 0.717) is 16.6 Å². The van der Waals surface area contributed by atoms with E-state index in [4.69, 9.17) is 11.6 Å². The highest BCUT2D eigenvalue weighted by Crippen LogP contribution is 2.16. The monoisotopic (exact) mass is 323 g/mol. The lowest BCUT2D eigenvalue weighted by Gasteiger charge is -2.16. The van der Waals surface area contributed by atoms with Crippen molar-refractivity contribution in [3.05, 3.63) is 39.8 Å². The van der Waals surface area contributed by atoms with Gasteiger partial charge in [-0.2, -0.15) is 9.36 Å². The Morgan fingerprint density at radius 3 is 2.59 bits per heavy atom. The number of halogens is 1. The molecule has 0 saturated heterocycles. The average molecular weight is 324 g/mol. The van der Waals surface area contributed by atoms with E-state index >= 15 is 0 Å². The van der Waals surface area contributed by atoms with E-state index in [2.05, 4.69) is 15.7 Å². The molecule has 1 amide bonds. The summed E-state index contributed by atoms with van der Waals surface area (Å²) in [5, 5.41) is 10.7. The first-order valence-electron chi connectivity index (χ1n) is 6.97. The molecule has 1 atom stereocenters. The van der Waals surface area contributed by atoms with Crippen LogP contribution in [0.3, 0.4) is 0 Å². The van der Waals surface area contributed by atoms with Gasteiger partial charge in [-0.1, -0.05) is 37.6 Å². The molecule has 0 radical (unpaired) electrons. The number of nitrogens with zero attached hydrogens (tertiary/aromatic N) is 4. The maximum absolute atomic E-state index is 12.2. The van der Waals surface area contributed by atoms with Crippen LogP contribution in [0.1, 0.15) is 20.8 Å². The number of hydrogen-bond acceptors (Lipinski definition) is 4. The zero-order valence-corrected chi connectivity index (χ0v) is 13.4. The summed E-state index contributed by atoms with van der Waals surface area (Å²) >= 11 is 6.03. The first-order chi connectivity index (χ1) is 10.4. The summed E-state index contributed by atoms with van der Waals surface area (Å²) in [4.78, 5) is 24.2. The number of tetrazole rings is 1. The fraction of sp³-hybridized carbons (Fsp3) is 0.429. The molecule has 22 heavy (non-hydrogen) atoms. The van der Waals surface area contributed by atoms with Gasteiger partial charge in [-0.3, -0.25) is 4.79 Å². The molecule has 0 aliphatic heterocycles. The summed E-state index contributed by atoms with van der Waals surface area (Å²) in [6.45, 7) is 5.74. The Balaban J connectivity index is 2.17. The van der Waals surface area contributed by atoms with E-state index in [1.807, 2.05) is 20.8 Å². The zero-order chi connectivity index (χ0) is 16.3. The van der Waals surface area contributed by atoms with Crippen LogP contribution in [0.15, 0.2) is 29.1 Å². The fourth-order valence-corrected chi connectivity index (χ4v) is 1.97. The maximum atomic E-state index is 12.2. The Morgan fingerprint density at radius 2 is 1.95 bits per heavy atom. The maximum Gasteiger partial charge on any atom is 0.369 e. The summed E-state index contributed by atoms with van der Waals surface area (Å²) in [6, 6.07) is 6.82. The van der Waals surface area contributed by atoms with Gasteiger partial charge in [0.15, 0.2) is 0 Å². The van der Waals surface area contributed by atoms with Gasteiger partial charge in [0.25, 0.3) is 0 Å². The largest absolute Gasteiger partial charge is 0.369 e. The topological polar surface area (TPSA) is 81.8 Å². The van der Waals surface area contributed by atoms with Gasteiger partial charge < -0.3 is 5.32 Å². The van der Waals surface area contributed by atoms with Crippen LogP contribution in [-0.2, 0) is 11.3 Å². The third-order valence-corrected chi connectivity index (χ3v) is 3.72. The molecule has 0 fully saturated rings. The number of hydrogen-bond donors (Lipinski definition) is 1. The predicted octanol–water partition coefficient (Wildman–Crippen LogP) is 1.24. The van der Waals surface area contributed by atoms with Crippen molar-refractivity contribution in [1.29, 1.82) is 0 Å². The quantitative estimate of drug-likeness (QED) is 0.897. The number of benzene rings is 1. The number of rotatable bonds is 5. The number of aromatic nitrogens is 4.